The molecule has 0 spiro atoms. The number of amides is 2. The lowest BCUT2D eigenvalue weighted by Crippen LogP contribution is -2.38. The van der Waals surface area contributed by atoms with Gasteiger partial charge in [-0.3, -0.25) is 4.79 Å². The van der Waals surface area contributed by atoms with Crippen LogP contribution in [0, 0.1) is 12.8 Å². The number of rotatable bonds is 6. The number of hydrogen-bond donors (Lipinski definition) is 3. The molecule has 1 aromatic carbocycles. The van der Waals surface area contributed by atoms with E-state index in [1.807, 2.05) is 39.0 Å². The summed E-state index contributed by atoms with van der Waals surface area (Å²) in [4.78, 5) is 26.8. The first-order valence-electron chi connectivity index (χ1n) is 8.13. The molecule has 0 aliphatic rings. The Kier molecular flexibility index (Phi) is 5.84. The van der Waals surface area contributed by atoms with Gasteiger partial charge in [0.05, 0.1) is 12.6 Å². The van der Waals surface area contributed by atoms with Crippen LogP contribution in [-0.2, 0) is 6.42 Å². The summed E-state index contributed by atoms with van der Waals surface area (Å²) in [6, 6.07) is 5.47. The highest BCUT2D eigenvalue weighted by Crippen LogP contribution is 2.25. The smallest absolute Gasteiger partial charge is 0.314 e. The van der Waals surface area contributed by atoms with E-state index in [0.29, 0.717) is 42.3 Å². The molecule has 2 aromatic rings. The number of urea groups is 1. The molecule has 130 valence electrons. The van der Waals surface area contributed by atoms with Crippen molar-refractivity contribution in [1.82, 2.24) is 15.6 Å². The van der Waals surface area contributed by atoms with Gasteiger partial charge >= 0.3 is 6.03 Å². The quantitative estimate of drug-likeness (QED) is 0.760. The molecular formula is C18H25N3O3. The number of pyridine rings is 1. The molecule has 3 N–H and O–H groups in total. The minimum atomic E-state index is -0.209. The van der Waals surface area contributed by atoms with Crippen LogP contribution in [0.2, 0.25) is 0 Å². The Balaban J connectivity index is 2.10. The number of aromatic nitrogens is 1. The van der Waals surface area contributed by atoms with Crippen LogP contribution in [-0.4, -0.2) is 31.2 Å². The van der Waals surface area contributed by atoms with Crippen LogP contribution in [0.1, 0.15) is 25.0 Å². The first-order chi connectivity index (χ1) is 11.4. The van der Waals surface area contributed by atoms with Crippen LogP contribution in [0.4, 0.5) is 4.79 Å². The Morgan fingerprint density at radius 3 is 2.71 bits per heavy atom. The zero-order valence-corrected chi connectivity index (χ0v) is 14.7. The minimum Gasteiger partial charge on any atom is -0.495 e. The van der Waals surface area contributed by atoms with Gasteiger partial charge in [0, 0.05) is 24.0 Å². The fourth-order valence-electron chi connectivity index (χ4n) is 2.48. The molecule has 0 saturated heterocycles. The van der Waals surface area contributed by atoms with Crippen molar-refractivity contribution in [2.45, 2.75) is 27.2 Å². The van der Waals surface area contributed by atoms with Gasteiger partial charge in [-0.1, -0.05) is 19.9 Å². The Bertz CT molecular complexity index is 781. The predicted molar refractivity (Wildman–Crippen MR) is 95.8 cm³/mol. The van der Waals surface area contributed by atoms with Crippen LogP contribution >= 0.6 is 0 Å². The van der Waals surface area contributed by atoms with E-state index >= 15 is 0 Å². The Morgan fingerprint density at radius 1 is 1.29 bits per heavy atom. The first kappa shape index (κ1) is 17.8. The molecule has 1 aromatic heterocycles. The summed E-state index contributed by atoms with van der Waals surface area (Å²) < 4.78 is 5.30. The molecule has 0 atom stereocenters. The van der Waals surface area contributed by atoms with Crippen molar-refractivity contribution in [2.75, 3.05) is 20.2 Å². The van der Waals surface area contributed by atoms with E-state index in [2.05, 4.69) is 15.6 Å². The number of nitrogens with one attached hydrogen (secondary N) is 3. The molecule has 6 heteroatoms. The highest BCUT2D eigenvalue weighted by molar-refractivity contribution is 5.87. The molecule has 6 nitrogen and oxygen atoms in total. The van der Waals surface area contributed by atoms with Crippen molar-refractivity contribution < 1.29 is 9.53 Å². The molecule has 0 radical (unpaired) electrons. The SMILES string of the molecule is COc1ccc(C)c2cc(CCNC(=O)NCC(C)C)c(=O)[nH]c12. The van der Waals surface area contributed by atoms with Gasteiger partial charge in [-0.2, -0.15) is 0 Å². The average molecular weight is 331 g/mol. The second-order valence-electron chi connectivity index (χ2n) is 6.28. The van der Waals surface area contributed by atoms with Gasteiger partial charge in [0.15, 0.2) is 0 Å². The monoisotopic (exact) mass is 331 g/mol. The first-order valence-corrected chi connectivity index (χ1v) is 8.13. The van der Waals surface area contributed by atoms with Crippen LogP contribution < -0.4 is 20.9 Å². The summed E-state index contributed by atoms with van der Waals surface area (Å²) in [5, 5.41) is 6.51. The van der Waals surface area contributed by atoms with E-state index in [-0.39, 0.29) is 11.6 Å². The van der Waals surface area contributed by atoms with Crippen molar-refractivity contribution in [2.24, 2.45) is 5.92 Å². The minimum absolute atomic E-state index is 0.157. The number of H-pyrrole nitrogens is 1. The zero-order chi connectivity index (χ0) is 17.7. The molecule has 24 heavy (non-hydrogen) atoms. The van der Waals surface area contributed by atoms with Gasteiger partial charge in [0.25, 0.3) is 5.56 Å². The maximum atomic E-state index is 12.3. The number of fused-ring (bicyclic) bond motifs is 1. The van der Waals surface area contributed by atoms with E-state index in [1.165, 1.54) is 0 Å². The number of hydrogen-bond acceptors (Lipinski definition) is 3. The summed E-state index contributed by atoms with van der Waals surface area (Å²) in [6.45, 7) is 7.08. The van der Waals surface area contributed by atoms with Gasteiger partial charge in [-0.25, -0.2) is 4.79 Å². The highest BCUT2D eigenvalue weighted by Gasteiger charge is 2.09. The van der Waals surface area contributed by atoms with Crippen LogP contribution in [0.3, 0.4) is 0 Å². The van der Waals surface area contributed by atoms with Crippen molar-refractivity contribution in [3.63, 3.8) is 0 Å². The molecule has 0 fully saturated rings. The van der Waals surface area contributed by atoms with E-state index in [9.17, 15) is 9.59 Å². The second-order valence-corrected chi connectivity index (χ2v) is 6.28. The van der Waals surface area contributed by atoms with Crippen molar-refractivity contribution in [3.8, 4) is 5.75 Å². The number of carbonyl (C=O) groups is 1. The molecule has 0 unspecified atom stereocenters. The van der Waals surface area contributed by atoms with Crippen molar-refractivity contribution in [3.05, 3.63) is 39.7 Å². The number of ether oxygens (including phenoxy) is 1. The van der Waals surface area contributed by atoms with Crippen LogP contribution in [0.15, 0.2) is 23.0 Å². The maximum Gasteiger partial charge on any atom is 0.314 e. The summed E-state index contributed by atoms with van der Waals surface area (Å²) in [5.74, 6) is 1.04. The van der Waals surface area contributed by atoms with Crippen LogP contribution in [0.5, 0.6) is 5.75 Å². The van der Waals surface area contributed by atoms with Gasteiger partial charge in [-0.05, 0) is 37.0 Å². The summed E-state index contributed by atoms with van der Waals surface area (Å²) in [5.41, 5.74) is 2.25. The molecule has 0 aliphatic heterocycles. The average Bonchev–Trinajstić information content (AvgIpc) is 2.54. The lowest BCUT2D eigenvalue weighted by molar-refractivity contribution is 0.239. The van der Waals surface area contributed by atoms with Crippen molar-refractivity contribution >= 4 is 16.9 Å². The fourth-order valence-corrected chi connectivity index (χ4v) is 2.48. The van der Waals surface area contributed by atoms with Crippen molar-refractivity contribution in [1.29, 1.82) is 0 Å². The standard InChI is InChI=1S/C18H25N3O3/c1-11(2)10-20-18(23)19-8-7-13-9-14-12(3)5-6-15(24-4)16(14)21-17(13)22/h5-6,9,11H,7-8,10H2,1-4H3,(H,21,22)(H2,19,20,23). The zero-order valence-electron chi connectivity index (χ0n) is 14.7. The van der Waals surface area contributed by atoms with Crippen LogP contribution in [0.25, 0.3) is 10.9 Å². The number of aromatic amines is 1. The normalized spacial score (nSPS) is 10.9. The van der Waals surface area contributed by atoms with Gasteiger partial charge < -0.3 is 20.4 Å². The number of aryl methyl sites for hydroxylation is 1. The van der Waals surface area contributed by atoms with E-state index in [1.54, 1.807) is 7.11 Å². The summed E-state index contributed by atoms with van der Waals surface area (Å²) in [7, 11) is 1.58. The second kappa shape index (κ2) is 7.86. The molecule has 2 rings (SSSR count). The summed E-state index contributed by atoms with van der Waals surface area (Å²) >= 11 is 0. The third-order valence-corrected chi connectivity index (χ3v) is 3.84. The number of methoxy groups -OCH3 is 1. The Labute approximate surface area is 141 Å². The molecule has 1 heterocycles. The maximum absolute atomic E-state index is 12.3. The number of carbonyl (C=O) groups excluding carboxylic acids is 1. The van der Waals surface area contributed by atoms with E-state index in [0.717, 1.165) is 10.9 Å². The molecule has 0 aliphatic carbocycles. The van der Waals surface area contributed by atoms with Gasteiger partial charge in [0.2, 0.25) is 0 Å². The third-order valence-electron chi connectivity index (χ3n) is 3.84. The number of benzene rings is 1. The van der Waals surface area contributed by atoms with E-state index < -0.39 is 0 Å². The summed E-state index contributed by atoms with van der Waals surface area (Å²) in [6.07, 6.45) is 0.469. The Hall–Kier alpha value is -2.50. The lowest BCUT2D eigenvalue weighted by atomic mass is 10.1. The van der Waals surface area contributed by atoms with E-state index in [4.69, 9.17) is 4.74 Å². The molecule has 0 saturated carbocycles. The van der Waals surface area contributed by atoms with Gasteiger partial charge in [-0.15, -0.1) is 0 Å². The topological polar surface area (TPSA) is 83.2 Å². The Morgan fingerprint density at radius 2 is 2.04 bits per heavy atom. The molecular weight excluding hydrogens is 306 g/mol. The lowest BCUT2D eigenvalue weighted by Gasteiger charge is -2.11. The fraction of sp³-hybridized carbons (Fsp3) is 0.444. The molecule has 0 bridgehead atoms. The largest absolute Gasteiger partial charge is 0.495 e. The predicted octanol–water partition coefficient (Wildman–Crippen LogP) is 2.34. The highest BCUT2D eigenvalue weighted by atomic mass is 16.5. The third kappa shape index (κ3) is 4.28. The van der Waals surface area contributed by atoms with Gasteiger partial charge in [0.1, 0.15) is 5.75 Å². The molecule has 2 amide bonds.